The quantitative estimate of drug-likeness (QED) is 0.657. The number of carbonyl (C=O) groups excluding carboxylic acids is 4. The third kappa shape index (κ3) is 4.57. The fraction of sp³-hybridized carbons (Fsp3) is 0.636. The fourth-order valence-electron chi connectivity index (χ4n) is 6.20. The highest BCUT2D eigenvalue weighted by Crippen LogP contribution is 2.61. The molecule has 2 N–H and O–H groups in total. The van der Waals surface area contributed by atoms with Gasteiger partial charge in [-0.2, -0.15) is 0 Å². The largest absolute Gasteiger partial charge is 0.454 e. The van der Waals surface area contributed by atoms with Gasteiger partial charge >= 0.3 is 5.97 Å². The highest BCUT2D eigenvalue weighted by atomic mass is 16.5. The molecule has 0 unspecified atom stereocenters. The van der Waals surface area contributed by atoms with E-state index in [1.54, 1.807) is 29.9 Å². The normalized spacial score (nSPS) is 28.8. The Hall–Kier alpha value is -2.64. The maximum Gasteiger partial charge on any atom is 0.325 e. The van der Waals surface area contributed by atoms with Gasteiger partial charge < -0.3 is 14.6 Å². The van der Waals surface area contributed by atoms with Crippen LogP contribution in [0.3, 0.4) is 0 Å². The van der Waals surface area contributed by atoms with Gasteiger partial charge in [0.15, 0.2) is 6.61 Å². The Labute approximate surface area is 175 Å². The number of rotatable bonds is 7. The summed E-state index contributed by atoms with van der Waals surface area (Å²) >= 11 is 0. The average molecular weight is 415 g/mol. The summed E-state index contributed by atoms with van der Waals surface area (Å²) < 4.78 is 6.45. The molecule has 4 aliphatic carbocycles. The predicted octanol–water partition coefficient (Wildman–Crippen LogP) is 1.55. The molecule has 4 bridgehead atoms. The molecule has 5 rings (SSSR count). The molecule has 3 amide bonds. The van der Waals surface area contributed by atoms with Gasteiger partial charge in [0, 0.05) is 19.7 Å². The van der Waals surface area contributed by atoms with Crippen molar-refractivity contribution in [2.45, 2.75) is 44.9 Å². The molecule has 0 atom stereocenters. The topological polar surface area (TPSA) is 106 Å². The Morgan fingerprint density at radius 2 is 1.70 bits per heavy atom. The Kier molecular flexibility index (Phi) is 5.66. The number of carbonyl (C=O) groups is 4. The van der Waals surface area contributed by atoms with Crippen LogP contribution < -0.4 is 10.6 Å². The fourth-order valence-corrected chi connectivity index (χ4v) is 6.20. The van der Waals surface area contributed by atoms with Crippen LogP contribution in [0.4, 0.5) is 0 Å². The van der Waals surface area contributed by atoms with Crippen molar-refractivity contribution >= 4 is 23.7 Å². The van der Waals surface area contributed by atoms with E-state index in [-0.39, 0.29) is 17.9 Å². The molecule has 0 saturated heterocycles. The molecule has 4 saturated carbocycles. The van der Waals surface area contributed by atoms with Crippen LogP contribution in [-0.4, -0.2) is 41.4 Å². The number of aryl methyl sites for hydroxylation is 1. The number of aromatic nitrogens is 1. The number of nitrogens with zero attached hydrogens (tertiary/aromatic N) is 1. The molecule has 1 aromatic rings. The van der Waals surface area contributed by atoms with Gasteiger partial charge in [0.2, 0.25) is 5.91 Å². The van der Waals surface area contributed by atoms with Crippen molar-refractivity contribution in [3.63, 3.8) is 0 Å². The van der Waals surface area contributed by atoms with E-state index in [1.807, 2.05) is 0 Å². The summed E-state index contributed by atoms with van der Waals surface area (Å²) in [6.07, 6.45) is 9.51. The molecular weight excluding hydrogens is 386 g/mol. The van der Waals surface area contributed by atoms with Crippen molar-refractivity contribution in [2.75, 3.05) is 13.2 Å². The maximum atomic E-state index is 12.4. The predicted molar refractivity (Wildman–Crippen MR) is 107 cm³/mol. The summed E-state index contributed by atoms with van der Waals surface area (Å²) in [5.41, 5.74) is 0.437. The van der Waals surface area contributed by atoms with Crippen LogP contribution in [-0.2, 0) is 26.2 Å². The number of hydrogen-bond donors (Lipinski definition) is 2. The van der Waals surface area contributed by atoms with Gasteiger partial charge in [-0.25, -0.2) is 0 Å². The minimum Gasteiger partial charge on any atom is -0.454 e. The number of nitrogens with one attached hydrogen (secondary N) is 2. The lowest BCUT2D eigenvalue weighted by molar-refractivity contribution is -0.148. The van der Waals surface area contributed by atoms with Gasteiger partial charge in [0.25, 0.3) is 11.8 Å². The second-order valence-corrected chi connectivity index (χ2v) is 9.41. The number of ether oxygens (including phenoxy) is 1. The van der Waals surface area contributed by atoms with Gasteiger partial charge in [-0.1, -0.05) is 0 Å². The molecule has 8 nitrogen and oxygen atoms in total. The van der Waals surface area contributed by atoms with Crippen LogP contribution in [0.5, 0.6) is 0 Å². The van der Waals surface area contributed by atoms with E-state index in [9.17, 15) is 19.2 Å². The molecule has 4 aliphatic rings. The first-order valence-electron chi connectivity index (χ1n) is 10.7. The SMILES string of the molecule is Cn1cccc1C(=O)NC(=O)COC(=O)CNC(=O)CC12CC3CC(CC(C3)C1)C2. The summed E-state index contributed by atoms with van der Waals surface area (Å²) in [7, 11) is 1.69. The highest BCUT2D eigenvalue weighted by Gasteiger charge is 2.51. The van der Waals surface area contributed by atoms with E-state index in [0.29, 0.717) is 12.1 Å². The second kappa shape index (κ2) is 8.24. The van der Waals surface area contributed by atoms with Crippen LogP contribution in [0.25, 0.3) is 0 Å². The Balaban J connectivity index is 1.16. The lowest BCUT2D eigenvalue weighted by Gasteiger charge is -2.56. The first-order chi connectivity index (χ1) is 14.3. The zero-order chi connectivity index (χ0) is 21.3. The molecule has 4 fully saturated rings. The minimum atomic E-state index is -0.713. The Morgan fingerprint density at radius 1 is 1.07 bits per heavy atom. The lowest BCUT2D eigenvalue weighted by atomic mass is 9.49. The minimum absolute atomic E-state index is 0.111. The van der Waals surface area contributed by atoms with E-state index in [1.165, 1.54) is 19.3 Å². The van der Waals surface area contributed by atoms with Crippen molar-refractivity contribution < 1.29 is 23.9 Å². The maximum absolute atomic E-state index is 12.4. The zero-order valence-electron chi connectivity index (χ0n) is 17.3. The molecule has 0 radical (unpaired) electrons. The van der Waals surface area contributed by atoms with E-state index in [2.05, 4.69) is 10.6 Å². The molecule has 0 spiro atoms. The third-order valence-electron chi connectivity index (χ3n) is 6.92. The highest BCUT2D eigenvalue weighted by molar-refractivity contribution is 6.04. The van der Waals surface area contributed by atoms with Crippen molar-refractivity contribution in [1.29, 1.82) is 0 Å². The first kappa shape index (κ1) is 20.6. The van der Waals surface area contributed by atoms with Gasteiger partial charge in [-0.15, -0.1) is 0 Å². The Morgan fingerprint density at radius 3 is 2.27 bits per heavy atom. The summed E-state index contributed by atoms with van der Waals surface area (Å²) in [5.74, 6) is 0.205. The number of hydrogen-bond acceptors (Lipinski definition) is 5. The number of imide groups is 1. The molecule has 0 aliphatic heterocycles. The first-order valence-corrected chi connectivity index (χ1v) is 10.7. The summed E-state index contributed by atoms with van der Waals surface area (Å²) in [5, 5.41) is 4.80. The molecule has 0 aromatic carbocycles. The molecule has 30 heavy (non-hydrogen) atoms. The van der Waals surface area contributed by atoms with Crippen LogP contribution in [0.2, 0.25) is 0 Å². The van der Waals surface area contributed by atoms with E-state index < -0.39 is 24.4 Å². The van der Waals surface area contributed by atoms with Gasteiger partial charge in [0.1, 0.15) is 12.2 Å². The number of amides is 3. The van der Waals surface area contributed by atoms with Gasteiger partial charge in [0.05, 0.1) is 0 Å². The summed E-state index contributed by atoms with van der Waals surface area (Å²) in [6, 6.07) is 3.26. The van der Waals surface area contributed by atoms with Crippen LogP contribution in [0.1, 0.15) is 55.4 Å². The molecule has 162 valence electrons. The lowest BCUT2D eigenvalue weighted by Crippen LogP contribution is -2.48. The molecule has 1 heterocycles. The number of esters is 1. The van der Waals surface area contributed by atoms with Crippen molar-refractivity contribution in [3.05, 3.63) is 24.0 Å². The van der Waals surface area contributed by atoms with Crippen LogP contribution in [0, 0.1) is 23.2 Å². The monoisotopic (exact) mass is 415 g/mol. The zero-order valence-corrected chi connectivity index (χ0v) is 17.3. The summed E-state index contributed by atoms with van der Waals surface area (Å²) in [6.45, 7) is -0.843. The van der Waals surface area contributed by atoms with E-state index in [4.69, 9.17) is 4.74 Å². The second-order valence-electron chi connectivity index (χ2n) is 9.41. The average Bonchev–Trinajstić information content (AvgIpc) is 3.09. The molecular formula is C22H29N3O5. The van der Waals surface area contributed by atoms with Crippen molar-refractivity contribution in [1.82, 2.24) is 15.2 Å². The standard InChI is InChI=1S/C22H29N3O5/c1-25-4-2-3-17(25)21(29)24-19(27)13-30-20(28)12-23-18(26)11-22-8-14-5-15(9-22)7-16(6-14)10-22/h2-4,14-16H,5-13H2,1H3,(H,23,26)(H,24,27,29). The van der Waals surface area contributed by atoms with Gasteiger partial charge in [-0.3, -0.25) is 24.5 Å². The Bertz CT molecular complexity index is 823. The van der Waals surface area contributed by atoms with E-state index in [0.717, 1.165) is 37.0 Å². The summed E-state index contributed by atoms with van der Waals surface area (Å²) in [4.78, 5) is 48.1. The van der Waals surface area contributed by atoms with E-state index >= 15 is 0 Å². The third-order valence-corrected chi connectivity index (χ3v) is 6.92. The van der Waals surface area contributed by atoms with Crippen LogP contribution in [0.15, 0.2) is 18.3 Å². The molecule has 1 aromatic heterocycles. The van der Waals surface area contributed by atoms with Crippen molar-refractivity contribution in [2.24, 2.45) is 30.2 Å². The smallest absolute Gasteiger partial charge is 0.325 e. The van der Waals surface area contributed by atoms with Crippen LogP contribution >= 0.6 is 0 Å². The van der Waals surface area contributed by atoms with Gasteiger partial charge in [-0.05, 0) is 73.8 Å². The van der Waals surface area contributed by atoms with Crippen molar-refractivity contribution in [3.8, 4) is 0 Å². The molecule has 8 heteroatoms.